The van der Waals surface area contributed by atoms with Gasteiger partial charge in [-0.25, -0.2) is 4.98 Å². The van der Waals surface area contributed by atoms with Crippen LogP contribution in [0.4, 0.5) is 5.69 Å². The van der Waals surface area contributed by atoms with E-state index >= 15 is 0 Å². The normalized spacial score (nSPS) is 12.0. The molecule has 0 aliphatic rings. The maximum absolute atomic E-state index is 12.1. The number of hydrogen-bond donors (Lipinski definition) is 1. The maximum atomic E-state index is 12.1. The van der Waals surface area contributed by atoms with Crippen molar-refractivity contribution in [1.82, 2.24) is 9.38 Å². The summed E-state index contributed by atoms with van der Waals surface area (Å²) in [4.78, 5) is 16.6. The molecule has 0 spiro atoms. The molecule has 6 nitrogen and oxygen atoms in total. The Morgan fingerprint density at radius 3 is 2.85 bits per heavy atom. The quantitative estimate of drug-likeness (QED) is 0.699. The Morgan fingerprint density at radius 1 is 1.27 bits per heavy atom. The molecule has 0 saturated heterocycles. The topological polar surface area (TPSA) is 64.9 Å². The van der Waals surface area contributed by atoms with E-state index in [-0.39, 0.29) is 11.8 Å². The highest BCUT2D eigenvalue weighted by Gasteiger charge is 2.13. The number of amides is 1. The number of nitrogens with one attached hydrogen (secondary N) is 1. The lowest BCUT2D eigenvalue weighted by atomic mass is 10.1. The third kappa shape index (κ3) is 3.96. The Balaban J connectivity index is 1.74. The van der Waals surface area contributed by atoms with E-state index in [2.05, 4.69) is 10.3 Å². The number of pyridine rings is 1. The van der Waals surface area contributed by atoms with Gasteiger partial charge in [-0.05, 0) is 30.7 Å². The summed E-state index contributed by atoms with van der Waals surface area (Å²) in [5.74, 6) is 1.12. The second kappa shape index (κ2) is 7.91. The van der Waals surface area contributed by atoms with E-state index in [0.717, 1.165) is 17.8 Å². The molecule has 0 fully saturated rings. The number of nitrogens with zero attached hydrogens (tertiary/aromatic N) is 2. The zero-order valence-corrected chi connectivity index (χ0v) is 15.2. The van der Waals surface area contributed by atoms with E-state index in [4.69, 9.17) is 9.47 Å². The lowest BCUT2D eigenvalue weighted by Gasteiger charge is -2.14. The van der Waals surface area contributed by atoms with Crippen LogP contribution >= 0.6 is 0 Å². The van der Waals surface area contributed by atoms with E-state index < -0.39 is 0 Å². The fraction of sp³-hybridized carbons (Fsp3) is 0.300. The molecule has 1 N–H and O–H groups in total. The Bertz CT molecular complexity index is 871. The average Bonchev–Trinajstić information content (AvgIpc) is 3.08. The first kappa shape index (κ1) is 17.8. The highest BCUT2D eigenvalue weighted by atomic mass is 16.5. The van der Waals surface area contributed by atoms with Crippen LogP contribution in [0.1, 0.15) is 26.0 Å². The molecular weight excluding hydrogens is 330 g/mol. The van der Waals surface area contributed by atoms with Crippen molar-refractivity contribution < 1.29 is 14.3 Å². The Hall–Kier alpha value is -3.02. The van der Waals surface area contributed by atoms with Crippen LogP contribution in [-0.2, 0) is 11.4 Å². The van der Waals surface area contributed by atoms with Gasteiger partial charge in [-0.1, -0.05) is 19.9 Å². The molecule has 26 heavy (non-hydrogen) atoms. The minimum absolute atomic E-state index is 0.0102. The number of benzene rings is 1. The van der Waals surface area contributed by atoms with Gasteiger partial charge in [-0.3, -0.25) is 4.79 Å². The Morgan fingerprint density at radius 2 is 2.12 bits per heavy atom. The summed E-state index contributed by atoms with van der Waals surface area (Å²) in [6.45, 7) is 4.20. The summed E-state index contributed by atoms with van der Waals surface area (Å²) in [6, 6.07) is 11.2. The van der Waals surface area contributed by atoms with Gasteiger partial charge in [-0.15, -0.1) is 0 Å². The van der Waals surface area contributed by atoms with Crippen LogP contribution in [0.3, 0.4) is 0 Å². The number of rotatable bonds is 7. The lowest BCUT2D eigenvalue weighted by Crippen LogP contribution is -2.19. The monoisotopic (exact) mass is 353 g/mol. The van der Waals surface area contributed by atoms with Crippen LogP contribution in [0.5, 0.6) is 11.5 Å². The van der Waals surface area contributed by atoms with Crippen molar-refractivity contribution >= 4 is 17.2 Å². The molecule has 136 valence electrons. The first-order chi connectivity index (χ1) is 12.6. The number of ether oxygens (including phenoxy) is 2. The first-order valence-corrected chi connectivity index (χ1v) is 8.65. The van der Waals surface area contributed by atoms with Crippen molar-refractivity contribution in [3.63, 3.8) is 0 Å². The molecule has 0 bridgehead atoms. The molecule has 0 radical (unpaired) electrons. The van der Waals surface area contributed by atoms with Crippen LogP contribution in [-0.4, -0.2) is 22.4 Å². The summed E-state index contributed by atoms with van der Waals surface area (Å²) in [6.07, 6.45) is 4.66. The Kier molecular flexibility index (Phi) is 5.41. The van der Waals surface area contributed by atoms with Gasteiger partial charge < -0.3 is 19.2 Å². The number of anilines is 1. The van der Waals surface area contributed by atoms with E-state index in [0.29, 0.717) is 23.8 Å². The van der Waals surface area contributed by atoms with Gasteiger partial charge in [0.2, 0.25) is 5.91 Å². The zero-order valence-electron chi connectivity index (χ0n) is 15.2. The summed E-state index contributed by atoms with van der Waals surface area (Å²) in [5, 5.41) is 2.91. The summed E-state index contributed by atoms with van der Waals surface area (Å²) >= 11 is 0. The summed E-state index contributed by atoms with van der Waals surface area (Å²) in [7, 11) is 1.59. The van der Waals surface area contributed by atoms with Crippen LogP contribution in [0, 0.1) is 5.92 Å². The molecular formula is C20H23N3O3. The SMILES string of the molecule is CC[C@H](C)C(=O)Nc1ccc(OC)c(OCc2cn3ccccc3n2)c1. The van der Waals surface area contributed by atoms with E-state index in [1.54, 1.807) is 25.3 Å². The van der Waals surface area contributed by atoms with Crippen LogP contribution in [0.2, 0.25) is 0 Å². The fourth-order valence-electron chi connectivity index (χ4n) is 2.53. The molecule has 2 heterocycles. The van der Waals surface area contributed by atoms with Gasteiger partial charge in [0.15, 0.2) is 11.5 Å². The van der Waals surface area contributed by atoms with Gasteiger partial charge >= 0.3 is 0 Å². The minimum atomic E-state index is -0.0422. The molecule has 3 rings (SSSR count). The fourth-order valence-corrected chi connectivity index (χ4v) is 2.53. The van der Waals surface area contributed by atoms with Crippen molar-refractivity contribution in [1.29, 1.82) is 0 Å². The van der Waals surface area contributed by atoms with Crippen molar-refractivity contribution in [2.24, 2.45) is 5.92 Å². The van der Waals surface area contributed by atoms with Crippen LogP contribution in [0.15, 0.2) is 48.8 Å². The first-order valence-electron chi connectivity index (χ1n) is 8.65. The highest BCUT2D eigenvalue weighted by molar-refractivity contribution is 5.92. The second-order valence-corrected chi connectivity index (χ2v) is 6.15. The third-order valence-electron chi connectivity index (χ3n) is 4.28. The van der Waals surface area contributed by atoms with E-state index in [1.165, 1.54) is 0 Å². The summed E-state index contributed by atoms with van der Waals surface area (Å²) < 4.78 is 13.2. The van der Waals surface area contributed by atoms with Gasteiger partial charge in [0, 0.05) is 30.1 Å². The van der Waals surface area contributed by atoms with E-state index in [1.807, 2.05) is 48.8 Å². The number of hydrogen-bond acceptors (Lipinski definition) is 4. The van der Waals surface area contributed by atoms with Gasteiger partial charge in [0.1, 0.15) is 12.3 Å². The van der Waals surface area contributed by atoms with Crippen molar-refractivity contribution in [2.45, 2.75) is 26.9 Å². The Labute approximate surface area is 152 Å². The van der Waals surface area contributed by atoms with Crippen LogP contribution < -0.4 is 14.8 Å². The molecule has 1 atom stereocenters. The van der Waals surface area contributed by atoms with Gasteiger partial charge in [-0.2, -0.15) is 0 Å². The molecule has 1 amide bonds. The predicted molar refractivity (Wildman–Crippen MR) is 101 cm³/mol. The molecule has 0 saturated carbocycles. The molecule has 0 unspecified atom stereocenters. The largest absolute Gasteiger partial charge is 0.493 e. The summed E-state index contributed by atoms with van der Waals surface area (Å²) in [5.41, 5.74) is 2.36. The molecule has 6 heteroatoms. The molecule has 3 aromatic rings. The van der Waals surface area contributed by atoms with E-state index in [9.17, 15) is 4.79 Å². The molecule has 0 aliphatic carbocycles. The number of carbonyl (C=O) groups excluding carboxylic acids is 1. The number of carbonyl (C=O) groups is 1. The number of fused-ring (bicyclic) bond motifs is 1. The van der Waals surface area contributed by atoms with Gasteiger partial charge in [0.25, 0.3) is 0 Å². The van der Waals surface area contributed by atoms with Crippen molar-refractivity contribution in [3.8, 4) is 11.5 Å². The number of aromatic nitrogens is 2. The zero-order chi connectivity index (χ0) is 18.5. The maximum Gasteiger partial charge on any atom is 0.227 e. The highest BCUT2D eigenvalue weighted by Crippen LogP contribution is 2.31. The van der Waals surface area contributed by atoms with Crippen molar-refractivity contribution in [3.05, 3.63) is 54.5 Å². The average molecular weight is 353 g/mol. The predicted octanol–water partition coefficient (Wildman–Crippen LogP) is 3.91. The van der Waals surface area contributed by atoms with Crippen LogP contribution in [0.25, 0.3) is 5.65 Å². The second-order valence-electron chi connectivity index (χ2n) is 6.15. The molecule has 2 aromatic heterocycles. The smallest absolute Gasteiger partial charge is 0.227 e. The van der Waals surface area contributed by atoms with Gasteiger partial charge in [0.05, 0.1) is 12.8 Å². The standard InChI is InChI=1S/C20H23N3O3/c1-4-14(2)20(24)22-15-8-9-17(25-3)18(11-15)26-13-16-12-23-10-6-5-7-19(23)21-16/h5-12,14H,4,13H2,1-3H3,(H,22,24)/t14-/m0/s1. The molecule has 1 aromatic carbocycles. The lowest BCUT2D eigenvalue weighted by molar-refractivity contribution is -0.119. The van der Waals surface area contributed by atoms with Crippen molar-refractivity contribution in [2.75, 3.05) is 12.4 Å². The number of imidazole rings is 1. The molecule has 0 aliphatic heterocycles. The third-order valence-corrected chi connectivity index (χ3v) is 4.28. The minimum Gasteiger partial charge on any atom is -0.493 e. The number of methoxy groups -OCH3 is 1.